The largest absolute Gasteiger partial charge is 0.485 e. The maximum Gasteiger partial charge on any atom is 0.138 e. The molecule has 1 heterocycles. The number of aromatic nitrogens is 2. The first-order chi connectivity index (χ1) is 11.3. The monoisotopic (exact) mass is 303 g/mol. The Hall–Kier alpha value is -3.06. The molecular formula is C19H17N3O. The zero-order valence-electron chi connectivity index (χ0n) is 12.9. The summed E-state index contributed by atoms with van der Waals surface area (Å²) in [6.45, 7) is 2.68. The number of hydrogen-bond donors (Lipinski definition) is 0. The van der Waals surface area contributed by atoms with Gasteiger partial charge in [-0.3, -0.25) is 0 Å². The quantitative estimate of drug-likeness (QED) is 0.717. The zero-order chi connectivity index (χ0) is 16.1. The minimum atomic E-state index is -0.119. The Morgan fingerprint density at radius 2 is 2.04 bits per heavy atom. The normalized spacial score (nSPS) is 11.7. The van der Waals surface area contributed by atoms with Crippen molar-refractivity contribution in [1.82, 2.24) is 9.55 Å². The third-order valence-corrected chi connectivity index (χ3v) is 3.66. The molecule has 0 spiro atoms. The van der Waals surface area contributed by atoms with Gasteiger partial charge in [0.2, 0.25) is 0 Å². The molecule has 0 aliphatic rings. The molecule has 0 aliphatic carbocycles. The van der Waals surface area contributed by atoms with E-state index in [-0.39, 0.29) is 6.10 Å². The van der Waals surface area contributed by atoms with Crippen LogP contribution < -0.4 is 4.74 Å². The molecule has 0 aliphatic heterocycles. The fourth-order valence-electron chi connectivity index (χ4n) is 2.43. The Bertz CT molecular complexity index is 804. The molecule has 0 radical (unpaired) electrons. The molecule has 0 bridgehead atoms. The molecular weight excluding hydrogens is 286 g/mol. The zero-order valence-corrected chi connectivity index (χ0v) is 12.9. The van der Waals surface area contributed by atoms with Crippen LogP contribution in [0.1, 0.15) is 29.7 Å². The van der Waals surface area contributed by atoms with Gasteiger partial charge in [-0.05, 0) is 30.2 Å². The van der Waals surface area contributed by atoms with Crippen LogP contribution in [0.2, 0.25) is 0 Å². The third-order valence-electron chi connectivity index (χ3n) is 3.66. The Morgan fingerprint density at radius 3 is 2.74 bits per heavy atom. The number of imidazole rings is 1. The highest BCUT2D eigenvalue weighted by molar-refractivity contribution is 5.45. The molecule has 3 rings (SSSR count). The molecule has 0 N–H and O–H groups in total. The van der Waals surface area contributed by atoms with Crippen LogP contribution in [0.5, 0.6) is 5.75 Å². The lowest BCUT2D eigenvalue weighted by Crippen LogP contribution is -2.05. The Kier molecular flexibility index (Phi) is 4.39. The van der Waals surface area contributed by atoms with E-state index in [0.717, 1.165) is 11.1 Å². The van der Waals surface area contributed by atoms with Gasteiger partial charge in [0.05, 0.1) is 11.9 Å². The highest BCUT2D eigenvalue weighted by Gasteiger charge is 2.11. The lowest BCUT2D eigenvalue weighted by atomic mass is 10.1. The fraction of sp³-hybridized carbons (Fsp3) is 0.158. The molecule has 23 heavy (non-hydrogen) atoms. The number of benzene rings is 2. The van der Waals surface area contributed by atoms with Gasteiger partial charge in [0.15, 0.2) is 0 Å². The summed E-state index contributed by atoms with van der Waals surface area (Å²) in [6.07, 6.45) is 5.31. The average molecular weight is 303 g/mol. The van der Waals surface area contributed by atoms with Gasteiger partial charge in [0.1, 0.15) is 17.9 Å². The average Bonchev–Trinajstić information content (AvgIpc) is 3.09. The summed E-state index contributed by atoms with van der Waals surface area (Å²) in [7, 11) is 0. The molecule has 0 amide bonds. The molecule has 114 valence electrons. The van der Waals surface area contributed by atoms with Crippen molar-refractivity contribution in [3.05, 3.63) is 83.9 Å². The van der Waals surface area contributed by atoms with Gasteiger partial charge in [0.25, 0.3) is 0 Å². The maximum absolute atomic E-state index is 9.30. The molecule has 1 unspecified atom stereocenters. The Balaban J connectivity index is 1.83. The molecule has 0 saturated heterocycles. The highest BCUT2D eigenvalue weighted by Crippen LogP contribution is 2.26. The van der Waals surface area contributed by atoms with Crippen LogP contribution in [0.25, 0.3) is 0 Å². The van der Waals surface area contributed by atoms with Gasteiger partial charge in [-0.15, -0.1) is 0 Å². The van der Waals surface area contributed by atoms with Crippen molar-refractivity contribution in [1.29, 1.82) is 5.26 Å². The van der Waals surface area contributed by atoms with Crippen LogP contribution in [0, 0.1) is 11.3 Å². The van der Waals surface area contributed by atoms with Crippen molar-refractivity contribution in [3.63, 3.8) is 0 Å². The third kappa shape index (κ3) is 3.58. The second kappa shape index (κ2) is 6.80. The number of nitriles is 1. The maximum atomic E-state index is 9.30. The first-order valence-electron chi connectivity index (χ1n) is 7.46. The fourth-order valence-corrected chi connectivity index (χ4v) is 2.43. The van der Waals surface area contributed by atoms with Crippen LogP contribution in [0.15, 0.2) is 67.3 Å². The molecule has 4 heteroatoms. The van der Waals surface area contributed by atoms with Crippen molar-refractivity contribution in [2.24, 2.45) is 0 Å². The van der Waals surface area contributed by atoms with Crippen molar-refractivity contribution in [2.45, 2.75) is 19.6 Å². The standard InChI is InChI=1S/C19H17N3O/c1-15(17-5-3-2-4-6-17)23-19-11-16(7-8-18(19)12-20)13-22-10-9-21-14-22/h2-11,14-15H,13H2,1H3. The van der Waals surface area contributed by atoms with Crippen LogP contribution in [-0.4, -0.2) is 9.55 Å². The summed E-state index contributed by atoms with van der Waals surface area (Å²) < 4.78 is 8.01. The van der Waals surface area contributed by atoms with Gasteiger partial charge < -0.3 is 9.30 Å². The Labute approximate surface area is 135 Å². The minimum Gasteiger partial charge on any atom is -0.485 e. The van der Waals surface area contributed by atoms with Gasteiger partial charge >= 0.3 is 0 Å². The summed E-state index contributed by atoms with van der Waals surface area (Å²) in [6, 6.07) is 17.8. The summed E-state index contributed by atoms with van der Waals surface area (Å²) >= 11 is 0. The smallest absolute Gasteiger partial charge is 0.138 e. The second-order valence-electron chi connectivity index (χ2n) is 5.35. The van der Waals surface area contributed by atoms with E-state index < -0.39 is 0 Å². The van der Waals surface area contributed by atoms with Gasteiger partial charge in [-0.25, -0.2) is 4.98 Å². The molecule has 2 aromatic carbocycles. The van der Waals surface area contributed by atoms with E-state index >= 15 is 0 Å². The van der Waals surface area contributed by atoms with E-state index in [9.17, 15) is 5.26 Å². The van der Waals surface area contributed by atoms with Gasteiger partial charge in [-0.1, -0.05) is 36.4 Å². The second-order valence-corrected chi connectivity index (χ2v) is 5.35. The summed E-state index contributed by atoms with van der Waals surface area (Å²) in [5.41, 5.74) is 2.69. The first-order valence-corrected chi connectivity index (χ1v) is 7.46. The van der Waals surface area contributed by atoms with Crippen molar-refractivity contribution >= 4 is 0 Å². The molecule has 0 saturated carbocycles. The minimum absolute atomic E-state index is 0.119. The lowest BCUT2D eigenvalue weighted by Gasteiger charge is -2.17. The predicted octanol–water partition coefficient (Wildman–Crippen LogP) is 3.94. The molecule has 4 nitrogen and oxygen atoms in total. The number of ether oxygens (including phenoxy) is 1. The van der Waals surface area contributed by atoms with E-state index in [1.54, 1.807) is 18.6 Å². The van der Waals surface area contributed by atoms with E-state index in [0.29, 0.717) is 17.9 Å². The van der Waals surface area contributed by atoms with Crippen LogP contribution in [-0.2, 0) is 6.54 Å². The van der Waals surface area contributed by atoms with E-state index in [1.165, 1.54) is 0 Å². The van der Waals surface area contributed by atoms with Crippen molar-refractivity contribution in [3.8, 4) is 11.8 Å². The number of hydrogen-bond acceptors (Lipinski definition) is 3. The SMILES string of the molecule is CC(Oc1cc(Cn2ccnc2)ccc1C#N)c1ccccc1. The van der Waals surface area contributed by atoms with Crippen molar-refractivity contribution in [2.75, 3.05) is 0 Å². The Morgan fingerprint density at radius 1 is 1.22 bits per heavy atom. The van der Waals surface area contributed by atoms with Gasteiger partial charge in [0, 0.05) is 18.9 Å². The summed E-state index contributed by atoms with van der Waals surface area (Å²) in [4.78, 5) is 4.04. The molecule has 1 atom stereocenters. The molecule has 3 aromatic rings. The van der Waals surface area contributed by atoms with E-state index in [2.05, 4.69) is 11.1 Å². The van der Waals surface area contributed by atoms with Crippen LogP contribution in [0.3, 0.4) is 0 Å². The lowest BCUT2D eigenvalue weighted by molar-refractivity contribution is 0.226. The van der Waals surface area contributed by atoms with E-state index in [1.807, 2.05) is 60.2 Å². The van der Waals surface area contributed by atoms with Crippen molar-refractivity contribution < 1.29 is 4.74 Å². The predicted molar refractivity (Wildman–Crippen MR) is 88.0 cm³/mol. The van der Waals surface area contributed by atoms with Gasteiger partial charge in [-0.2, -0.15) is 5.26 Å². The number of rotatable bonds is 5. The number of nitrogens with zero attached hydrogens (tertiary/aromatic N) is 3. The summed E-state index contributed by atoms with van der Waals surface area (Å²) in [5.74, 6) is 0.612. The van der Waals surface area contributed by atoms with E-state index in [4.69, 9.17) is 4.74 Å². The summed E-state index contributed by atoms with van der Waals surface area (Å²) in [5, 5.41) is 9.30. The molecule has 0 fully saturated rings. The highest BCUT2D eigenvalue weighted by atomic mass is 16.5. The van der Waals surface area contributed by atoms with Crippen LogP contribution >= 0.6 is 0 Å². The van der Waals surface area contributed by atoms with Crippen LogP contribution in [0.4, 0.5) is 0 Å². The topological polar surface area (TPSA) is 50.8 Å². The molecule has 1 aromatic heterocycles. The first kappa shape index (κ1) is 14.9.